The molecule has 0 unspecified atom stereocenters. The molecule has 0 bridgehead atoms. The van der Waals surface area contributed by atoms with E-state index in [1.54, 1.807) is 6.20 Å². The van der Waals surface area contributed by atoms with Crippen molar-refractivity contribution in [2.45, 2.75) is 52.0 Å². The molecule has 0 amide bonds. The summed E-state index contributed by atoms with van der Waals surface area (Å²) in [6, 6.07) is 0.625. The highest BCUT2D eigenvalue weighted by atomic mass is 16.4. The summed E-state index contributed by atoms with van der Waals surface area (Å²) < 4.78 is 5.62. The van der Waals surface area contributed by atoms with Crippen LogP contribution in [0.1, 0.15) is 44.8 Å². The van der Waals surface area contributed by atoms with Gasteiger partial charge in [0.15, 0.2) is 5.89 Å². The molecular weight excluding hydrogens is 256 g/mol. The van der Waals surface area contributed by atoms with Crippen molar-refractivity contribution in [1.29, 1.82) is 0 Å². The molecule has 0 saturated carbocycles. The molecule has 1 fully saturated rings. The zero-order chi connectivity index (χ0) is 14.5. The van der Waals surface area contributed by atoms with E-state index in [4.69, 9.17) is 9.52 Å². The van der Waals surface area contributed by atoms with Crippen LogP contribution < -0.4 is 0 Å². The molecule has 2 rings (SSSR count). The Kier molecular flexibility index (Phi) is 5.17. The van der Waals surface area contributed by atoms with Crippen molar-refractivity contribution in [3.8, 4) is 0 Å². The molecule has 2 heterocycles. The van der Waals surface area contributed by atoms with Crippen LogP contribution in [0, 0.1) is 5.92 Å². The summed E-state index contributed by atoms with van der Waals surface area (Å²) in [5.41, 5.74) is 0. The van der Waals surface area contributed by atoms with Crippen LogP contribution >= 0.6 is 0 Å². The third-order valence-electron chi connectivity index (χ3n) is 4.03. The number of aromatic nitrogens is 1. The van der Waals surface area contributed by atoms with Gasteiger partial charge in [-0.3, -0.25) is 4.79 Å². The van der Waals surface area contributed by atoms with Crippen LogP contribution in [0.3, 0.4) is 0 Å². The van der Waals surface area contributed by atoms with Gasteiger partial charge in [-0.05, 0) is 45.7 Å². The highest BCUT2D eigenvalue weighted by molar-refractivity contribution is 5.66. The number of carboxylic acid groups (broad SMARTS) is 1. The molecule has 0 spiro atoms. The number of carboxylic acids is 1. The molecule has 20 heavy (non-hydrogen) atoms. The summed E-state index contributed by atoms with van der Waals surface area (Å²) in [5.74, 6) is 1.27. The predicted molar refractivity (Wildman–Crippen MR) is 75.6 cm³/mol. The van der Waals surface area contributed by atoms with E-state index in [9.17, 15) is 4.79 Å². The second-order valence-corrected chi connectivity index (χ2v) is 5.89. The Hall–Kier alpha value is -1.36. The summed E-state index contributed by atoms with van der Waals surface area (Å²) in [7, 11) is 0. The van der Waals surface area contributed by atoms with E-state index < -0.39 is 5.97 Å². The van der Waals surface area contributed by atoms with Crippen LogP contribution in [0.25, 0.3) is 0 Å². The molecule has 5 heteroatoms. The van der Waals surface area contributed by atoms with Crippen LogP contribution in [0.4, 0.5) is 0 Å². The van der Waals surface area contributed by atoms with Gasteiger partial charge >= 0.3 is 5.97 Å². The van der Waals surface area contributed by atoms with Crippen molar-refractivity contribution in [2.24, 2.45) is 5.92 Å². The standard InChI is InChI=1S/C15H24N2O3/c1-11(2)17-7-5-12(6-8-17)9-14-16-10-13(20-14)3-4-15(18)19/h10-12H,3-9H2,1-2H3,(H,18,19). The summed E-state index contributed by atoms with van der Waals surface area (Å²) in [4.78, 5) is 17.3. The molecule has 0 radical (unpaired) electrons. The zero-order valence-corrected chi connectivity index (χ0v) is 12.3. The number of hydrogen-bond acceptors (Lipinski definition) is 4. The van der Waals surface area contributed by atoms with Gasteiger partial charge in [0.05, 0.1) is 12.6 Å². The van der Waals surface area contributed by atoms with Gasteiger partial charge < -0.3 is 14.4 Å². The average Bonchev–Trinajstić information content (AvgIpc) is 2.84. The minimum Gasteiger partial charge on any atom is -0.481 e. The molecule has 1 aliphatic rings. The second-order valence-electron chi connectivity index (χ2n) is 5.89. The molecule has 5 nitrogen and oxygen atoms in total. The highest BCUT2D eigenvalue weighted by Crippen LogP contribution is 2.22. The fourth-order valence-corrected chi connectivity index (χ4v) is 2.71. The van der Waals surface area contributed by atoms with E-state index >= 15 is 0 Å². The number of aliphatic carboxylic acids is 1. The fraction of sp³-hybridized carbons (Fsp3) is 0.733. The van der Waals surface area contributed by atoms with Crippen LogP contribution in [-0.2, 0) is 17.6 Å². The average molecular weight is 280 g/mol. The molecule has 1 aliphatic heterocycles. The van der Waals surface area contributed by atoms with E-state index in [-0.39, 0.29) is 6.42 Å². The molecule has 0 aromatic carbocycles. The minimum atomic E-state index is -0.802. The van der Waals surface area contributed by atoms with Crippen molar-refractivity contribution < 1.29 is 14.3 Å². The first-order chi connectivity index (χ1) is 9.54. The van der Waals surface area contributed by atoms with Crippen molar-refractivity contribution in [3.63, 3.8) is 0 Å². The number of rotatable bonds is 6. The highest BCUT2D eigenvalue weighted by Gasteiger charge is 2.22. The Morgan fingerprint density at radius 3 is 2.80 bits per heavy atom. The molecular formula is C15H24N2O3. The number of carbonyl (C=O) groups is 1. The Bertz CT molecular complexity index is 434. The normalized spacial score (nSPS) is 17.8. The van der Waals surface area contributed by atoms with Gasteiger partial charge in [-0.2, -0.15) is 0 Å². The minimum absolute atomic E-state index is 0.0986. The molecule has 1 aromatic rings. The largest absolute Gasteiger partial charge is 0.481 e. The SMILES string of the molecule is CC(C)N1CCC(Cc2ncc(CCC(=O)O)o2)CC1. The number of nitrogens with zero attached hydrogens (tertiary/aromatic N) is 2. The van der Waals surface area contributed by atoms with Gasteiger partial charge in [-0.1, -0.05) is 0 Å². The Morgan fingerprint density at radius 1 is 1.50 bits per heavy atom. The lowest BCUT2D eigenvalue weighted by Crippen LogP contribution is -2.38. The van der Waals surface area contributed by atoms with Gasteiger partial charge in [0.25, 0.3) is 0 Å². The first kappa shape index (κ1) is 15.0. The predicted octanol–water partition coefficient (Wildman–Crippen LogP) is 2.35. The quantitative estimate of drug-likeness (QED) is 0.866. The molecule has 1 N–H and O–H groups in total. The van der Waals surface area contributed by atoms with Crippen molar-refractivity contribution in [1.82, 2.24) is 9.88 Å². The van der Waals surface area contributed by atoms with Gasteiger partial charge in [0.2, 0.25) is 0 Å². The lowest BCUT2D eigenvalue weighted by molar-refractivity contribution is -0.137. The second kappa shape index (κ2) is 6.88. The first-order valence-electron chi connectivity index (χ1n) is 7.44. The van der Waals surface area contributed by atoms with E-state index in [0.29, 0.717) is 24.1 Å². The monoisotopic (exact) mass is 280 g/mol. The smallest absolute Gasteiger partial charge is 0.303 e. The van der Waals surface area contributed by atoms with Crippen molar-refractivity contribution >= 4 is 5.97 Å². The van der Waals surface area contributed by atoms with Crippen molar-refractivity contribution in [3.05, 3.63) is 17.8 Å². The Labute approximate surface area is 120 Å². The number of hydrogen-bond donors (Lipinski definition) is 1. The lowest BCUT2D eigenvalue weighted by atomic mass is 9.93. The van der Waals surface area contributed by atoms with Gasteiger partial charge in [0.1, 0.15) is 5.76 Å². The van der Waals surface area contributed by atoms with Crippen LogP contribution in [0.5, 0.6) is 0 Å². The molecule has 0 atom stereocenters. The van der Waals surface area contributed by atoms with E-state index in [0.717, 1.165) is 25.4 Å². The fourth-order valence-electron chi connectivity index (χ4n) is 2.71. The first-order valence-corrected chi connectivity index (χ1v) is 7.44. The number of oxazole rings is 1. The van der Waals surface area contributed by atoms with Gasteiger partial charge in [-0.15, -0.1) is 0 Å². The molecule has 0 aliphatic carbocycles. The van der Waals surface area contributed by atoms with Crippen LogP contribution in [-0.4, -0.2) is 40.1 Å². The number of piperidine rings is 1. The Morgan fingerprint density at radius 2 is 2.20 bits per heavy atom. The van der Waals surface area contributed by atoms with Crippen molar-refractivity contribution in [2.75, 3.05) is 13.1 Å². The number of aryl methyl sites for hydroxylation is 1. The zero-order valence-electron chi connectivity index (χ0n) is 12.3. The molecule has 112 valence electrons. The third-order valence-corrected chi connectivity index (χ3v) is 4.03. The van der Waals surface area contributed by atoms with E-state index in [1.165, 1.54) is 12.8 Å². The summed E-state index contributed by atoms with van der Waals surface area (Å²) in [6.45, 7) is 6.77. The van der Waals surface area contributed by atoms with Gasteiger partial charge in [0, 0.05) is 18.9 Å². The van der Waals surface area contributed by atoms with Gasteiger partial charge in [-0.25, -0.2) is 4.98 Å². The maximum Gasteiger partial charge on any atom is 0.303 e. The lowest BCUT2D eigenvalue weighted by Gasteiger charge is -2.34. The molecule has 1 saturated heterocycles. The topological polar surface area (TPSA) is 66.6 Å². The summed E-state index contributed by atoms with van der Waals surface area (Å²) in [6.07, 6.45) is 5.44. The summed E-state index contributed by atoms with van der Waals surface area (Å²) >= 11 is 0. The summed E-state index contributed by atoms with van der Waals surface area (Å²) in [5, 5.41) is 8.65. The number of likely N-dealkylation sites (tertiary alicyclic amines) is 1. The van der Waals surface area contributed by atoms with Crippen LogP contribution in [0.15, 0.2) is 10.6 Å². The Balaban J connectivity index is 1.78. The van der Waals surface area contributed by atoms with Crippen LogP contribution in [0.2, 0.25) is 0 Å². The maximum absolute atomic E-state index is 10.5. The van der Waals surface area contributed by atoms with E-state index in [2.05, 4.69) is 23.7 Å². The molecule has 1 aromatic heterocycles. The third kappa shape index (κ3) is 4.34. The van der Waals surface area contributed by atoms with E-state index in [1.807, 2.05) is 0 Å². The maximum atomic E-state index is 10.5.